The molecule has 0 fully saturated rings. The van der Waals surface area contributed by atoms with Gasteiger partial charge in [-0.3, -0.25) is 0 Å². The lowest BCUT2D eigenvalue weighted by Crippen LogP contribution is -2.01. The van der Waals surface area contributed by atoms with Crippen LogP contribution in [0.3, 0.4) is 0 Å². The zero-order valence-electron chi connectivity index (χ0n) is 10.3. The molecule has 0 amide bonds. The number of rotatable bonds is 4. The molecular formula is C14H13ClF2N2. The number of halogens is 3. The molecule has 2 rings (SSSR count). The quantitative estimate of drug-likeness (QED) is 0.830. The molecule has 0 aliphatic heterocycles. The van der Waals surface area contributed by atoms with Gasteiger partial charge >= 0.3 is 0 Å². The standard InChI is InChI=1S/C14H13ClF2N2/c1-9-6-12(13(15)19-7-9)18-8-10-2-4-11(5-3-10)14(16)17/h2-7,14,18H,8H2,1H3. The Bertz CT molecular complexity index is 556. The van der Waals surface area contributed by atoms with Crippen molar-refractivity contribution in [3.05, 3.63) is 58.4 Å². The van der Waals surface area contributed by atoms with Gasteiger partial charge in [-0.05, 0) is 24.1 Å². The number of benzene rings is 1. The molecule has 100 valence electrons. The summed E-state index contributed by atoms with van der Waals surface area (Å²) in [5.41, 5.74) is 2.67. The Labute approximate surface area is 115 Å². The summed E-state index contributed by atoms with van der Waals surface area (Å²) in [5.74, 6) is 0. The Balaban J connectivity index is 2.04. The number of hydrogen-bond acceptors (Lipinski definition) is 2. The van der Waals surface area contributed by atoms with E-state index >= 15 is 0 Å². The van der Waals surface area contributed by atoms with E-state index in [-0.39, 0.29) is 5.56 Å². The summed E-state index contributed by atoms with van der Waals surface area (Å²) in [7, 11) is 0. The molecule has 0 radical (unpaired) electrons. The van der Waals surface area contributed by atoms with Crippen LogP contribution in [-0.2, 0) is 6.54 Å². The van der Waals surface area contributed by atoms with Crippen LogP contribution in [0.15, 0.2) is 36.5 Å². The minimum atomic E-state index is -2.43. The number of alkyl halides is 2. The predicted octanol–water partition coefficient (Wildman–Crippen LogP) is 4.59. The minimum absolute atomic E-state index is 0.0269. The summed E-state index contributed by atoms with van der Waals surface area (Å²) < 4.78 is 24.8. The van der Waals surface area contributed by atoms with Crippen LogP contribution in [0.2, 0.25) is 5.15 Å². The Hall–Kier alpha value is -1.68. The van der Waals surface area contributed by atoms with Crippen molar-refractivity contribution in [2.24, 2.45) is 0 Å². The molecule has 1 heterocycles. The molecule has 0 aliphatic rings. The van der Waals surface area contributed by atoms with Crippen molar-refractivity contribution in [2.75, 3.05) is 5.32 Å². The lowest BCUT2D eigenvalue weighted by molar-refractivity contribution is 0.151. The van der Waals surface area contributed by atoms with Crippen LogP contribution in [0.5, 0.6) is 0 Å². The Morgan fingerprint density at radius 1 is 1.26 bits per heavy atom. The first-order valence-electron chi connectivity index (χ1n) is 5.79. The predicted molar refractivity (Wildman–Crippen MR) is 72.7 cm³/mol. The maximum absolute atomic E-state index is 12.4. The second-order valence-electron chi connectivity index (χ2n) is 4.25. The van der Waals surface area contributed by atoms with Crippen molar-refractivity contribution < 1.29 is 8.78 Å². The molecule has 5 heteroatoms. The molecule has 0 saturated heterocycles. The summed E-state index contributed by atoms with van der Waals surface area (Å²) in [4.78, 5) is 4.03. The van der Waals surface area contributed by atoms with Gasteiger partial charge in [-0.25, -0.2) is 13.8 Å². The van der Waals surface area contributed by atoms with Crippen LogP contribution in [0.4, 0.5) is 14.5 Å². The number of aromatic nitrogens is 1. The molecule has 19 heavy (non-hydrogen) atoms. The minimum Gasteiger partial charge on any atom is -0.378 e. The fourth-order valence-corrected chi connectivity index (χ4v) is 1.82. The lowest BCUT2D eigenvalue weighted by Gasteiger charge is -2.09. The number of anilines is 1. The van der Waals surface area contributed by atoms with Crippen molar-refractivity contribution in [1.29, 1.82) is 0 Å². The smallest absolute Gasteiger partial charge is 0.263 e. The van der Waals surface area contributed by atoms with E-state index in [2.05, 4.69) is 10.3 Å². The summed E-state index contributed by atoms with van der Waals surface area (Å²) in [6, 6.07) is 8.09. The number of aryl methyl sites for hydroxylation is 1. The molecule has 0 saturated carbocycles. The third kappa shape index (κ3) is 3.64. The van der Waals surface area contributed by atoms with E-state index in [1.54, 1.807) is 18.3 Å². The highest BCUT2D eigenvalue weighted by molar-refractivity contribution is 6.31. The number of nitrogens with one attached hydrogen (secondary N) is 1. The van der Waals surface area contributed by atoms with Crippen LogP contribution < -0.4 is 5.32 Å². The second kappa shape index (κ2) is 5.97. The van der Waals surface area contributed by atoms with Crippen molar-refractivity contribution >= 4 is 17.3 Å². The van der Waals surface area contributed by atoms with Crippen LogP contribution >= 0.6 is 11.6 Å². The molecule has 2 nitrogen and oxygen atoms in total. The van der Waals surface area contributed by atoms with E-state index in [9.17, 15) is 8.78 Å². The van der Waals surface area contributed by atoms with Gasteiger partial charge in [0, 0.05) is 18.3 Å². The van der Waals surface area contributed by atoms with E-state index in [1.165, 1.54) is 12.1 Å². The van der Waals surface area contributed by atoms with Gasteiger partial charge in [0.15, 0.2) is 5.15 Å². The van der Waals surface area contributed by atoms with Gasteiger partial charge in [0.2, 0.25) is 0 Å². The monoisotopic (exact) mass is 282 g/mol. The van der Waals surface area contributed by atoms with Crippen LogP contribution in [-0.4, -0.2) is 4.98 Å². The molecule has 1 N–H and O–H groups in total. The van der Waals surface area contributed by atoms with Crippen molar-refractivity contribution in [3.63, 3.8) is 0 Å². The first-order chi connectivity index (χ1) is 9.06. The van der Waals surface area contributed by atoms with Crippen LogP contribution in [0.1, 0.15) is 23.1 Å². The van der Waals surface area contributed by atoms with Gasteiger partial charge < -0.3 is 5.32 Å². The van der Waals surface area contributed by atoms with Gasteiger partial charge in [-0.1, -0.05) is 35.9 Å². The molecule has 1 aromatic heterocycles. The van der Waals surface area contributed by atoms with Crippen molar-refractivity contribution in [3.8, 4) is 0 Å². The van der Waals surface area contributed by atoms with E-state index < -0.39 is 6.43 Å². The summed E-state index contributed by atoms with van der Waals surface area (Å²) in [6.07, 6.45) is -0.747. The highest BCUT2D eigenvalue weighted by Crippen LogP contribution is 2.22. The van der Waals surface area contributed by atoms with E-state index in [4.69, 9.17) is 11.6 Å². The number of hydrogen-bond donors (Lipinski definition) is 1. The van der Waals surface area contributed by atoms with Gasteiger partial charge in [0.25, 0.3) is 6.43 Å². The Morgan fingerprint density at radius 3 is 2.58 bits per heavy atom. The zero-order valence-corrected chi connectivity index (χ0v) is 11.1. The van der Waals surface area contributed by atoms with Crippen LogP contribution in [0.25, 0.3) is 0 Å². The summed E-state index contributed by atoms with van der Waals surface area (Å²) in [6.45, 7) is 2.43. The summed E-state index contributed by atoms with van der Waals surface area (Å²) >= 11 is 5.96. The largest absolute Gasteiger partial charge is 0.378 e. The molecule has 0 atom stereocenters. The molecule has 0 spiro atoms. The Morgan fingerprint density at radius 2 is 1.95 bits per heavy atom. The maximum atomic E-state index is 12.4. The van der Waals surface area contributed by atoms with E-state index in [1.807, 2.05) is 13.0 Å². The number of nitrogens with zero attached hydrogens (tertiary/aromatic N) is 1. The first kappa shape index (κ1) is 13.7. The third-order valence-electron chi connectivity index (χ3n) is 2.69. The SMILES string of the molecule is Cc1cnc(Cl)c(NCc2ccc(C(F)F)cc2)c1. The van der Waals surface area contributed by atoms with Crippen molar-refractivity contribution in [2.45, 2.75) is 19.9 Å². The molecule has 0 aliphatic carbocycles. The van der Waals surface area contributed by atoms with E-state index in [0.717, 1.165) is 16.8 Å². The zero-order chi connectivity index (χ0) is 13.8. The lowest BCUT2D eigenvalue weighted by atomic mass is 10.1. The van der Waals surface area contributed by atoms with Gasteiger partial charge in [0.1, 0.15) is 0 Å². The van der Waals surface area contributed by atoms with Gasteiger partial charge in [-0.2, -0.15) is 0 Å². The average Bonchev–Trinajstić information content (AvgIpc) is 2.40. The third-order valence-corrected chi connectivity index (χ3v) is 2.99. The van der Waals surface area contributed by atoms with Crippen molar-refractivity contribution in [1.82, 2.24) is 4.98 Å². The highest BCUT2D eigenvalue weighted by Gasteiger charge is 2.06. The van der Waals surface area contributed by atoms with Gasteiger partial charge in [0.05, 0.1) is 5.69 Å². The topological polar surface area (TPSA) is 24.9 Å². The van der Waals surface area contributed by atoms with Crippen LogP contribution in [0, 0.1) is 6.92 Å². The maximum Gasteiger partial charge on any atom is 0.263 e. The average molecular weight is 283 g/mol. The molecule has 0 bridgehead atoms. The molecular weight excluding hydrogens is 270 g/mol. The normalized spacial score (nSPS) is 10.8. The van der Waals surface area contributed by atoms with Gasteiger partial charge in [-0.15, -0.1) is 0 Å². The number of pyridine rings is 1. The molecule has 2 aromatic rings. The molecule has 1 aromatic carbocycles. The summed E-state index contributed by atoms with van der Waals surface area (Å²) in [5, 5.41) is 3.53. The fourth-order valence-electron chi connectivity index (χ4n) is 1.65. The first-order valence-corrected chi connectivity index (χ1v) is 6.17. The molecule has 0 unspecified atom stereocenters. The fraction of sp³-hybridized carbons (Fsp3) is 0.214. The second-order valence-corrected chi connectivity index (χ2v) is 4.60. The Kier molecular flexibility index (Phi) is 4.32. The highest BCUT2D eigenvalue weighted by atomic mass is 35.5. The van der Waals surface area contributed by atoms with E-state index in [0.29, 0.717) is 11.7 Å².